The molecule has 2 aromatic carbocycles. The predicted molar refractivity (Wildman–Crippen MR) is 145 cm³/mol. The van der Waals surface area contributed by atoms with E-state index in [2.05, 4.69) is 50.2 Å². The highest BCUT2D eigenvalue weighted by molar-refractivity contribution is 5.94. The molecule has 4 N–H and O–H groups in total. The van der Waals surface area contributed by atoms with Crippen molar-refractivity contribution >= 4 is 5.84 Å². The number of hydrogen-bond acceptors (Lipinski definition) is 7. The smallest absolute Gasteiger partial charge is 0.350 e. The zero-order chi connectivity index (χ0) is 26.6. The largest absolute Gasteiger partial charge is 0.490 e. The molecule has 38 heavy (non-hydrogen) atoms. The maximum Gasteiger partial charge on any atom is 0.350 e. The molecule has 196 valence electrons. The van der Waals surface area contributed by atoms with E-state index < -0.39 is 5.69 Å². The van der Waals surface area contributed by atoms with E-state index in [9.17, 15) is 4.79 Å². The highest BCUT2D eigenvalue weighted by Crippen LogP contribution is 2.31. The first-order valence-corrected chi connectivity index (χ1v) is 12.7. The summed E-state index contributed by atoms with van der Waals surface area (Å²) in [5.74, 6) is 1.29. The molecule has 5 rings (SSSR count). The standard InChI is InChI=1S/C28H32N8O2/c1-18-14-21(17-23(15-18)38-22-8-12-35(2)13-9-22)24(16-19-4-6-20(7-5-19)25(29)30)26-33-28(37)36(34-26)27-31-10-3-11-32-27/h3-7,10-11,14-15,17,22,24H,8-9,12-13,16H2,1-2H3,(H3,29,30)(H,33,34,37). The quantitative estimate of drug-likeness (QED) is 0.244. The number of H-pyrrole nitrogens is 1. The van der Waals surface area contributed by atoms with Crippen LogP contribution >= 0.6 is 0 Å². The lowest BCUT2D eigenvalue weighted by atomic mass is 9.90. The summed E-state index contributed by atoms with van der Waals surface area (Å²) in [5, 5.41) is 12.3. The molecule has 0 aliphatic carbocycles. The molecular weight excluding hydrogens is 480 g/mol. The van der Waals surface area contributed by atoms with Gasteiger partial charge in [0.15, 0.2) is 0 Å². The van der Waals surface area contributed by atoms with Gasteiger partial charge in [0, 0.05) is 37.0 Å². The Hall–Kier alpha value is -4.31. The number of benzene rings is 2. The van der Waals surface area contributed by atoms with Crippen molar-refractivity contribution in [3.8, 4) is 11.7 Å². The monoisotopic (exact) mass is 512 g/mol. The Bertz CT molecular complexity index is 1450. The number of hydrogen-bond donors (Lipinski definition) is 3. The number of rotatable bonds is 8. The molecular formula is C28H32N8O2. The van der Waals surface area contributed by atoms with Crippen LogP contribution in [0, 0.1) is 12.3 Å². The predicted octanol–water partition coefficient (Wildman–Crippen LogP) is 2.79. The minimum absolute atomic E-state index is 0.0217. The van der Waals surface area contributed by atoms with Crippen molar-refractivity contribution in [2.24, 2.45) is 5.73 Å². The van der Waals surface area contributed by atoms with Gasteiger partial charge in [-0.25, -0.2) is 14.8 Å². The van der Waals surface area contributed by atoms with Crippen LogP contribution in [-0.2, 0) is 6.42 Å². The third kappa shape index (κ3) is 5.81. The van der Waals surface area contributed by atoms with Crippen molar-refractivity contribution in [2.75, 3.05) is 20.1 Å². The molecule has 0 amide bonds. The number of nitrogens with two attached hydrogens (primary N) is 1. The van der Waals surface area contributed by atoms with Crippen molar-refractivity contribution in [3.63, 3.8) is 0 Å². The van der Waals surface area contributed by atoms with Gasteiger partial charge >= 0.3 is 5.69 Å². The molecule has 1 aliphatic heterocycles. The van der Waals surface area contributed by atoms with Gasteiger partial charge in [-0.2, -0.15) is 0 Å². The van der Waals surface area contributed by atoms with E-state index in [4.69, 9.17) is 15.9 Å². The van der Waals surface area contributed by atoms with Crippen LogP contribution in [0.5, 0.6) is 5.75 Å². The van der Waals surface area contributed by atoms with Crippen LogP contribution in [-0.4, -0.2) is 61.7 Å². The zero-order valence-electron chi connectivity index (χ0n) is 21.6. The Labute approximate surface area is 221 Å². The molecule has 1 fully saturated rings. The number of aromatic nitrogens is 5. The van der Waals surface area contributed by atoms with Crippen LogP contribution in [0.1, 0.15) is 46.8 Å². The third-order valence-electron chi connectivity index (χ3n) is 6.86. The molecule has 0 spiro atoms. The summed E-state index contributed by atoms with van der Waals surface area (Å²) in [7, 11) is 2.13. The summed E-state index contributed by atoms with van der Waals surface area (Å²) in [5.41, 5.74) is 8.97. The summed E-state index contributed by atoms with van der Waals surface area (Å²) in [6, 6.07) is 15.5. The van der Waals surface area contributed by atoms with E-state index in [0.29, 0.717) is 17.8 Å². The van der Waals surface area contributed by atoms with Crippen molar-refractivity contribution in [3.05, 3.63) is 99.5 Å². The number of ether oxygens (including phenoxy) is 1. The van der Waals surface area contributed by atoms with Gasteiger partial charge in [-0.05, 0) is 68.1 Å². The van der Waals surface area contributed by atoms with Crippen molar-refractivity contribution in [1.82, 2.24) is 29.6 Å². The number of piperidine rings is 1. The highest BCUT2D eigenvalue weighted by atomic mass is 16.5. The van der Waals surface area contributed by atoms with E-state index in [-0.39, 0.29) is 23.8 Å². The van der Waals surface area contributed by atoms with Gasteiger partial charge in [-0.1, -0.05) is 30.3 Å². The molecule has 0 bridgehead atoms. The number of nitrogens with one attached hydrogen (secondary N) is 2. The fraction of sp³-hybridized carbons (Fsp3) is 0.321. The molecule has 3 heterocycles. The Morgan fingerprint density at radius 2 is 1.87 bits per heavy atom. The first-order chi connectivity index (χ1) is 18.4. The van der Waals surface area contributed by atoms with Crippen LogP contribution < -0.4 is 16.2 Å². The second-order valence-corrected chi connectivity index (χ2v) is 9.84. The first kappa shape index (κ1) is 25.3. The normalized spacial score (nSPS) is 15.3. The summed E-state index contributed by atoms with van der Waals surface area (Å²) in [4.78, 5) is 26.5. The SMILES string of the molecule is Cc1cc(OC2CCN(C)CC2)cc(C(Cc2ccc(C(=N)N)cc2)c2nn(-c3ncccn3)c(=O)[nH]2)c1. The molecule has 4 aromatic rings. The number of amidine groups is 1. The average Bonchev–Trinajstić information content (AvgIpc) is 3.30. The van der Waals surface area contributed by atoms with E-state index in [1.807, 2.05) is 31.2 Å². The van der Waals surface area contributed by atoms with Crippen LogP contribution in [0.15, 0.2) is 65.7 Å². The number of aryl methyl sites for hydroxylation is 1. The zero-order valence-corrected chi connectivity index (χ0v) is 21.6. The van der Waals surface area contributed by atoms with Crippen molar-refractivity contribution in [2.45, 2.75) is 38.2 Å². The molecule has 10 nitrogen and oxygen atoms in total. The minimum Gasteiger partial charge on any atom is -0.490 e. The number of likely N-dealkylation sites (tertiary alicyclic amines) is 1. The van der Waals surface area contributed by atoms with Crippen molar-refractivity contribution < 1.29 is 4.74 Å². The Morgan fingerprint density at radius 3 is 2.55 bits per heavy atom. The van der Waals surface area contributed by atoms with Crippen LogP contribution in [0.2, 0.25) is 0 Å². The Kier molecular flexibility index (Phi) is 7.32. The lowest BCUT2D eigenvalue weighted by Crippen LogP contribution is -2.35. The average molecular weight is 513 g/mol. The molecule has 0 radical (unpaired) electrons. The number of aromatic amines is 1. The van der Waals surface area contributed by atoms with E-state index in [0.717, 1.165) is 48.4 Å². The highest BCUT2D eigenvalue weighted by Gasteiger charge is 2.24. The van der Waals surface area contributed by atoms with Gasteiger partial charge in [0.05, 0.1) is 0 Å². The second kappa shape index (κ2) is 11.0. The molecule has 1 saturated heterocycles. The lowest BCUT2D eigenvalue weighted by Gasteiger charge is -2.29. The van der Waals surface area contributed by atoms with Gasteiger partial charge in [0.2, 0.25) is 0 Å². The number of nitrogens with zero attached hydrogens (tertiary/aromatic N) is 5. The summed E-state index contributed by atoms with van der Waals surface area (Å²) >= 11 is 0. The third-order valence-corrected chi connectivity index (χ3v) is 6.86. The van der Waals surface area contributed by atoms with E-state index in [1.165, 1.54) is 4.68 Å². The van der Waals surface area contributed by atoms with Crippen LogP contribution in [0.25, 0.3) is 5.95 Å². The fourth-order valence-electron chi connectivity index (χ4n) is 4.80. The topological polar surface area (TPSA) is 139 Å². The van der Waals surface area contributed by atoms with E-state index in [1.54, 1.807) is 18.5 Å². The maximum absolute atomic E-state index is 12.9. The lowest BCUT2D eigenvalue weighted by molar-refractivity contribution is 0.114. The van der Waals surface area contributed by atoms with Gasteiger partial charge in [-0.15, -0.1) is 9.78 Å². The molecule has 1 unspecified atom stereocenters. The van der Waals surface area contributed by atoms with Crippen molar-refractivity contribution in [1.29, 1.82) is 5.41 Å². The minimum atomic E-state index is -0.404. The Balaban J connectivity index is 1.51. The maximum atomic E-state index is 12.9. The fourth-order valence-corrected chi connectivity index (χ4v) is 4.80. The number of nitrogen functional groups attached to an aromatic ring is 1. The molecule has 0 saturated carbocycles. The Morgan fingerprint density at radius 1 is 1.16 bits per heavy atom. The second-order valence-electron chi connectivity index (χ2n) is 9.84. The van der Waals surface area contributed by atoms with E-state index >= 15 is 0 Å². The molecule has 1 aliphatic rings. The molecule has 10 heteroatoms. The molecule has 1 atom stereocenters. The summed E-state index contributed by atoms with van der Waals surface area (Å²) in [6.07, 6.45) is 5.86. The van der Waals surface area contributed by atoms with Crippen LogP contribution in [0.3, 0.4) is 0 Å². The van der Waals surface area contributed by atoms with Gasteiger partial charge in [0.1, 0.15) is 23.5 Å². The van der Waals surface area contributed by atoms with Gasteiger partial charge < -0.3 is 15.4 Å². The summed E-state index contributed by atoms with van der Waals surface area (Å²) in [6.45, 7) is 4.08. The van der Waals surface area contributed by atoms with Gasteiger partial charge in [0.25, 0.3) is 5.95 Å². The van der Waals surface area contributed by atoms with Gasteiger partial charge in [-0.3, -0.25) is 10.4 Å². The van der Waals surface area contributed by atoms with Crippen LogP contribution in [0.4, 0.5) is 0 Å². The first-order valence-electron chi connectivity index (χ1n) is 12.7. The molecule has 2 aromatic heterocycles. The summed E-state index contributed by atoms with van der Waals surface area (Å²) < 4.78 is 7.61.